The molecule has 0 atom stereocenters. The number of hydrogen-bond donors (Lipinski definition) is 0. The van der Waals surface area contributed by atoms with Crippen LogP contribution in [0, 0.1) is 17.8 Å². The summed E-state index contributed by atoms with van der Waals surface area (Å²) >= 11 is 0. The first kappa shape index (κ1) is 28.0. The molecule has 0 amide bonds. The average Bonchev–Trinajstić information content (AvgIpc) is 2.97. The van der Waals surface area contributed by atoms with Gasteiger partial charge in [0, 0.05) is 6.61 Å². The highest BCUT2D eigenvalue weighted by atomic mass is 16.5. The number of carbonyl (C=O) groups is 1. The van der Waals surface area contributed by atoms with Crippen LogP contribution in [0.2, 0.25) is 0 Å². The molecule has 4 bridgehead atoms. The van der Waals surface area contributed by atoms with Crippen molar-refractivity contribution in [1.29, 1.82) is 0 Å². The summed E-state index contributed by atoms with van der Waals surface area (Å²) in [6.07, 6.45) is 12.9. The van der Waals surface area contributed by atoms with Gasteiger partial charge in [-0.05, 0) is 134 Å². The first-order chi connectivity index (χ1) is 20.0. The lowest BCUT2D eigenvalue weighted by atomic mass is 9.47. The van der Waals surface area contributed by atoms with Crippen LogP contribution in [0.4, 0.5) is 0 Å². The molecule has 214 valence electrons. The molecule has 0 saturated heterocycles. The highest BCUT2D eigenvalue weighted by Crippen LogP contribution is 2.61. The zero-order chi connectivity index (χ0) is 28.2. The highest BCUT2D eigenvalue weighted by molar-refractivity contribution is 5.90. The topological polar surface area (TPSA) is 35.5 Å². The minimum Gasteiger partial charge on any atom is -0.462 e. The molecule has 0 radical (unpaired) electrons. The van der Waals surface area contributed by atoms with E-state index in [1.807, 2.05) is 31.2 Å². The number of rotatable bonds is 11. The number of esters is 1. The number of hydrogen-bond acceptors (Lipinski definition) is 3. The Balaban J connectivity index is 1.22. The number of allylic oxidation sites excluding steroid dienone is 1. The van der Waals surface area contributed by atoms with Crippen LogP contribution in [0.3, 0.4) is 0 Å². The summed E-state index contributed by atoms with van der Waals surface area (Å²) in [6.45, 7) is 5.92. The van der Waals surface area contributed by atoms with Crippen molar-refractivity contribution in [1.82, 2.24) is 0 Å². The Morgan fingerprint density at radius 1 is 0.878 bits per heavy atom. The normalized spacial score (nSPS) is 24.9. The predicted octanol–water partition coefficient (Wildman–Crippen LogP) is 9.04. The van der Waals surface area contributed by atoms with Crippen LogP contribution in [0.15, 0.2) is 72.8 Å². The summed E-state index contributed by atoms with van der Waals surface area (Å²) in [5, 5.41) is 0. The Bertz CT molecular complexity index is 1330. The maximum Gasteiger partial charge on any atom is 0.338 e. The van der Waals surface area contributed by atoms with Crippen molar-refractivity contribution in [2.45, 2.75) is 77.2 Å². The summed E-state index contributed by atoms with van der Waals surface area (Å²) in [6, 6.07) is 25.5. The molecule has 7 rings (SSSR count). The van der Waals surface area contributed by atoms with Crippen molar-refractivity contribution in [3.8, 4) is 0 Å². The summed E-state index contributed by atoms with van der Waals surface area (Å²) < 4.78 is 11.2. The number of carbonyl (C=O) groups excluding carboxylic acids is 1. The molecule has 0 aliphatic heterocycles. The smallest absolute Gasteiger partial charge is 0.338 e. The lowest BCUT2D eigenvalue weighted by Crippen LogP contribution is -2.49. The van der Waals surface area contributed by atoms with Gasteiger partial charge in [0.25, 0.3) is 0 Å². The molecule has 3 aromatic carbocycles. The number of benzene rings is 3. The van der Waals surface area contributed by atoms with Gasteiger partial charge in [-0.25, -0.2) is 4.79 Å². The van der Waals surface area contributed by atoms with E-state index < -0.39 is 0 Å². The first-order valence-corrected chi connectivity index (χ1v) is 15.7. The highest BCUT2D eigenvalue weighted by Gasteiger charge is 2.52. The van der Waals surface area contributed by atoms with Gasteiger partial charge < -0.3 is 9.47 Å². The third kappa shape index (κ3) is 6.36. The van der Waals surface area contributed by atoms with Gasteiger partial charge in [-0.3, -0.25) is 0 Å². The molecule has 4 aliphatic carbocycles. The average molecular weight is 549 g/mol. The predicted molar refractivity (Wildman–Crippen MR) is 167 cm³/mol. The summed E-state index contributed by atoms with van der Waals surface area (Å²) in [4.78, 5) is 12.1. The zero-order valence-corrected chi connectivity index (χ0v) is 24.7. The van der Waals surface area contributed by atoms with E-state index in [0.29, 0.717) is 24.2 Å². The van der Waals surface area contributed by atoms with E-state index in [-0.39, 0.29) is 5.97 Å². The fourth-order valence-corrected chi connectivity index (χ4v) is 8.37. The Labute approximate surface area is 246 Å². The second-order valence-electron chi connectivity index (χ2n) is 12.9. The molecule has 0 aromatic heterocycles. The van der Waals surface area contributed by atoms with Crippen LogP contribution >= 0.6 is 0 Å². The van der Waals surface area contributed by atoms with Crippen molar-refractivity contribution in [2.75, 3.05) is 13.2 Å². The molecule has 3 nitrogen and oxygen atoms in total. The van der Waals surface area contributed by atoms with Gasteiger partial charge in [0.1, 0.15) is 0 Å². The van der Waals surface area contributed by atoms with Gasteiger partial charge in [-0.1, -0.05) is 66.7 Å². The largest absolute Gasteiger partial charge is 0.462 e. The van der Waals surface area contributed by atoms with E-state index in [1.54, 1.807) is 5.56 Å². The molecule has 3 aromatic rings. The summed E-state index contributed by atoms with van der Waals surface area (Å²) in [5.74, 6) is 2.49. The molecule has 3 heteroatoms. The Morgan fingerprint density at radius 2 is 1.54 bits per heavy atom. The van der Waals surface area contributed by atoms with Gasteiger partial charge in [-0.15, -0.1) is 0 Å². The maximum absolute atomic E-state index is 12.1. The second-order valence-corrected chi connectivity index (χ2v) is 12.9. The lowest BCUT2D eigenvalue weighted by Gasteiger charge is -2.57. The molecule has 0 unspecified atom stereocenters. The fourth-order valence-electron chi connectivity index (χ4n) is 8.37. The Kier molecular flexibility index (Phi) is 8.44. The molecule has 4 saturated carbocycles. The van der Waals surface area contributed by atoms with Gasteiger partial charge in [0.2, 0.25) is 0 Å². The Hall–Kier alpha value is -3.17. The second kappa shape index (κ2) is 12.4. The molecular weight excluding hydrogens is 504 g/mol. The molecule has 0 heterocycles. The van der Waals surface area contributed by atoms with Crippen LogP contribution in [-0.4, -0.2) is 19.2 Å². The van der Waals surface area contributed by atoms with Crippen molar-refractivity contribution in [3.63, 3.8) is 0 Å². The number of aryl methyl sites for hydroxylation is 1. The van der Waals surface area contributed by atoms with E-state index in [4.69, 9.17) is 9.47 Å². The van der Waals surface area contributed by atoms with Crippen molar-refractivity contribution >= 4 is 17.6 Å². The molecule has 4 aliphatic rings. The van der Waals surface area contributed by atoms with Crippen LogP contribution < -0.4 is 0 Å². The third-order valence-corrected chi connectivity index (χ3v) is 9.83. The van der Waals surface area contributed by atoms with E-state index in [0.717, 1.165) is 42.8 Å². The minimum atomic E-state index is -0.263. The SMILES string of the molecule is CCOC(=O)c1ccc(/C=C(\C)c2ccc(CCCOCc3ccccc3)c(C34CC5CC(CC(C5)C3)C4)c2)cc1. The van der Waals surface area contributed by atoms with Crippen LogP contribution in [0.1, 0.15) is 97.0 Å². The minimum absolute atomic E-state index is 0.263. The van der Waals surface area contributed by atoms with Crippen molar-refractivity contribution in [3.05, 3.63) is 106 Å². The molecule has 0 spiro atoms. The Morgan fingerprint density at radius 3 is 2.20 bits per heavy atom. The number of ether oxygens (including phenoxy) is 2. The molecule has 0 N–H and O–H groups in total. The van der Waals surface area contributed by atoms with E-state index in [2.05, 4.69) is 61.5 Å². The third-order valence-electron chi connectivity index (χ3n) is 9.83. The monoisotopic (exact) mass is 548 g/mol. The maximum atomic E-state index is 12.1. The molecule has 41 heavy (non-hydrogen) atoms. The quantitative estimate of drug-likeness (QED) is 0.136. The molecular formula is C38H44O3. The van der Waals surface area contributed by atoms with Crippen molar-refractivity contribution < 1.29 is 14.3 Å². The van der Waals surface area contributed by atoms with Gasteiger partial charge >= 0.3 is 5.97 Å². The zero-order valence-electron chi connectivity index (χ0n) is 24.7. The van der Waals surface area contributed by atoms with E-state index >= 15 is 0 Å². The van der Waals surface area contributed by atoms with Crippen LogP contribution in [0.5, 0.6) is 0 Å². The van der Waals surface area contributed by atoms with Gasteiger partial charge in [0.15, 0.2) is 0 Å². The molecule has 4 fully saturated rings. The summed E-state index contributed by atoms with van der Waals surface area (Å²) in [7, 11) is 0. The van der Waals surface area contributed by atoms with Crippen molar-refractivity contribution in [2.24, 2.45) is 17.8 Å². The first-order valence-electron chi connectivity index (χ1n) is 15.7. The van der Waals surface area contributed by atoms with E-state index in [9.17, 15) is 4.79 Å². The lowest BCUT2D eigenvalue weighted by molar-refractivity contribution is -0.00564. The van der Waals surface area contributed by atoms with Gasteiger partial charge in [-0.2, -0.15) is 0 Å². The van der Waals surface area contributed by atoms with E-state index in [1.165, 1.54) is 60.8 Å². The summed E-state index contributed by atoms with van der Waals surface area (Å²) in [5.41, 5.74) is 9.03. The fraction of sp³-hybridized carbons (Fsp3) is 0.447. The van der Waals surface area contributed by atoms with Crippen LogP contribution in [-0.2, 0) is 27.9 Å². The standard InChI is InChI=1S/C38H44O3/c1-3-41-37(39)34-13-11-28(12-14-34)18-27(2)35-16-15-33(10-7-17-40-26-29-8-5-4-6-9-29)36(22-35)38-23-30-19-31(24-38)21-32(20-30)25-38/h4-6,8-9,11-16,18,22,30-32H,3,7,10,17,19-21,23-26H2,1-2H3/b27-18+. The van der Waals surface area contributed by atoms with Crippen LogP contribution in [0.25, 0.3) is 11.6 Å². The van der Waals surface area contributed by atoms with Gasteiger partial charge in [0.05, 0.1) is 18.8 Å².